The molecule has 188 valence electrons. The molecule has 0 aliphatic carbocycles. The molecule has 35 heavy (non-hydrogen) atoms. The van der Waals surface area contributed by atoms with Crippen molar-refractivity contribution in [3.8, 4) is 22.8 Å². The average molecular weight is 477 g/mol. The fourth-order valence-corrected chi connectivity index (χ4v) is 5.26. The monoisotopic (exact) mass is 476 g/mol. The lowest BCUT2D eigenvalue weighted by atomic mass is 9.73. The second kappa shape index (κ2) is 10.5. The summed E-state index contributed by atoms with van der Waals surface area (Å²) in [5, 5.41) is 11.4. The zero-order valence-corrected chi connectivity index (χ0v) is 22.0. The largest absolute Gasteiger partial charge is 0.494 e. The average Bonchev–Trinajstić information content (AvgIpc) is 3.21. The molecule has 1 aliphatic heterocycles. The third-order valence-electron chi connectivity index (χ3n) is 7.31. The van der Waals surface area contributed by atoms with E-state index < -0.39 is 6.23 Å². The van der Waals surface area contributed by atoms with Crippen LogP contribution in [0.25, 0.3) is 11.3 Å². The Balaban J connectivity index is 1.55. The summed E-state index contributed by atoms with van der Waals surface area (Å²) < 4.78 is 14.0. The van der Waals surface area contributed by atoms with Crippen LogP contribution in [-0.2, 0) is 12.5 Å². The Labute approximate surface area is 210 Å². The van der Waals surface area contributed by atoms with E-state index in [9.17, 15) is 5.11 Å². The van der Waals surface area contributed by atoms with E-state index in [1.165, 1.54) is 22.4 Å². The molecule has 1 aliphatic rings. The molecule has 1 aromatic heterocycles. The molecule has 0 radical (unpaired) electrons. The first-order valence-corrected chi connectivity index (χ1v) is 12.8. The number of hydrogen-bond donors (Lipinski definition) is 1. The molecule has 4 rings (SSSR count). The van der Waals surface area contributed by atoms with Gasteiger partial charge in [-0.25, -0.2) is 0 Å². The van der Waals surface area contributed by atoms with Crippen LogP contribution in [0.2, 0.25) is 0 Å². The number of aryl methyl sites for hydroxylation is 2. The highest BCUT2D eigenvalue weighted by molar-refractivity contribution is 5.69. The highest BCUT2D eigenvalue weighted by atomic mass is 16.5. The zero-order valence-electron chi connectivity index (χ0n) is 22.0. The number of aromatic nitrogens is 1. The summed E-state index contributed by atoms with van der Waals surface area (Å²) >= 11 is 0. The number of rotatable bonds is 8. The van der Waals surface area contributed by atoms with Gasteiger partial charge in [0, 0.05) is 43.5 Å². The second-order valence-corrected chi connectivity index (χ2v) is 10.3. The molecule has 5 nitrogen and oxygen atoms in total. The second-order valence-electron chi connectivity index (χ2n) is 10.3. The Bertz CT molecular complexity index is 1140. The van der Waals surface area contributed by atoms with Crippen molar-refractivity contribution in [1.82, 2.24) is 9.47 Å². The SMILES string of the molecule is CCOc1ccc(C(O)N2CCC(C)(c3ccn(C)c3-c3ccccc3C)CC2)c(OC(C)C)c1. The summed E-state index contributed by atoms with van der Waals surface area (Å²) in [6, 6.07) is 16.7. The van der Waals surface area contributed by atoms with Crippen LogP contribution < -0.4 is 9.47 Å². The van der Waals surface area contributed by atoms with E-state index >= 15 is 0 Å². The highest BCUT2D eigenvalue weighted by Crippen LogP contribution is 2.43. The molecular weight excluding hydrogens is 436 g/mol. The van der Waals surface area contributed by atoms with Gasteiger partial charge < -0.3 is 19.1 Å². The molecule has 0 saturated carbocycles. The number of ether oxygens (including phenoxy) is 2. The molecular formula is C30H40N2O3. The summed E-state index contributed by atoms with van der Waals surface area (Å²) in [5.41, 5.74) is 6.13. The van der Waals surface area contributed by atoms with Gasteiger partial charge in [0.2, 0.25) is 0 Å². The van der Waals surface area contributed by atoms with E-state index in [1.54, 1.807) is 0 Å². The smallest absolute Gasteiger partial charge is 0.137 e. The van der Waals surface area contributed by atoms with Gasteiger partial charge in [0.25, 0.3) is 0 Å². The number of benzene rings is 2. The minimum absolute atomic E-state index is 0.0143. The van der Waals surface area contributed by atoms with Gasteiger partial charge in [-0.05, 0) is 75.3 Å². The number of nitrogens with zero attached hydrogens (tertiary/aromatic N) is 2. The van der Waals surface area contributed by atoms with Crippen molar-refractivity contribution in [2.45, 2.75) is 65.2 Å². The Kier molecular flexibility index (Phi) is 7.58. The summed E-state index contributed by atoms with van der Waals surface area (Å²) in [7, 11) is 2.13. The standard InChI is InChI=1S/C30H40N2O3/c1-7-34-23-12-13-25(27(20-23)35-21(2)3)29(33)32-18-15-30(5,16-19-32)26-14-17-31(6)28(26)24-11-9-8-10-22(24)4/h8-14,17,20-21,29,33H,7,15-16,18-19H2,1-6H3. The molecule has 1 saturated heterocycles. The van der Waals surface area contributed by atoms with Gasteiger partial charge >= 0.3 is 0 Å². The van der Waals surface area contributed by atoms with E-state index in [-0.39, 0.29) is 11.5 Å². The molecule has 2 heterocycles. The molecule has 1 fully saturated rings. The maximum Gasteiger partial charge on any atom is 0.137 e. The molecule has 3 aromatic rings. The van der Waals surface area contributed by atoms with E-state index in [2.05, 4.69) is 66.9 Å². The first-order chi connectivity index (χ1) is 16.7. The third kappa shape index (κ3) is 5.26. The Morgan fingerprint density at radius 3 is 2.43 bits per heavy atom. The van der Waals surface area contributed by atoms with Crippen molar-refractivity contribution in [2.75, 3.05) is 19.7 Å². The number of piperidine rings is 1. The van der Waals surface area contributed by atoms with Gasteiger partial charge in [0.15, 0.2) is 0 Å². The van der Waals surface area contributed by atoms with Gasteiger partial charge in [-0.3, -0.25) is 4.90 Å². The van der Waals surface area contributed by atoms with Gasteiger partial charge in [-0.2, -0.15) is 0 Å². The zero-order chi connectivity index (χ0) is 25.2. The molecule has 0 spiro atoms. The maximum absolute atomic E-state index is 11.4. The lowest BCUT2D eigenvalue weighted by molar-refractivity contribution is -0.0240. The predicted molar refractivity (Wildman–Crippen MR) is 142 cm³/mol. The fourth-order valence-electron chi connectivity index (χ4n) is 5.26. The van der Waals surface area contributed by atoms with Crippen LogP contribution in [0.3, 0.4) is 0 Å². The minimum Gasteiger partial charge on any atom is -0.494 e. The predicted octanol–water partition coefficient (Wildman–Crippen LogP) is 6.23. The van der Waals surface area contributed by atoms with Gasteiger partial charge in [-0.15, -0.1) is 0 Å². The number of hydrogen-bond acceptors (Lipinski definition) is 4. The van der Waals surface area contributed by atoms with Crippen LogP contribution in [0.5, 0.6) is 11.5 Å². The number of aliphatic hydroxyl groups is 1. The molecule has 0 bridgehead atoms. The van der Waals surface area contributed by atoms with Crippen molar-refractivity contribution >= 4 is 0 Å². The van der Waals surface area contributed by atoms with E-state index in [0.717, 1.165) is 37.2 Å². The molecule has 0 amide bonds. The lowest BCUT2D eigenvalue weighted by Gasteiger charge is -2.42. The minimum atomic E-state index is -0.712. The van der Waals surface area contributed by atoms with Gasteiger partial charge in [-0.1, -0.05) is 31.2 Å². The normalized spacial score (nSPS) is 16.9. The van der Waals surface area contributed by atoms with Gasteiger partial charge in [0.1, 0.15) is 17.7 Å². The van der Waals surface area contributed by atoms with E-state index in [1.807, 2.05) is 39.0 Å². The van der Waals surface area contributed by atoms with Crippen LogP contribution in [0.15, 0.2) is 54.7 Å². The summed E-state index contributed by atoms with van der Waals surface area (Å²) in [6.45, 7) is 12.7. The Hall–Kier alpha value is -2.76. The van der Waals surface area contributed by atoms with Crippen molar-refractivity contribution in [1.29, 1.82) is 0 Å². The lowest BCUT2D eigenvalue weighted by Crippen LogP contribution is -2.43. The Morgan fingerprint density at radius 1 is 1.06 bits per heavy atom. The molecule has 5 heteroatoms. The fraction of sp³-hybridized carbons (Fsp3) is 0.467. The van der Waals surface area contributed by atoms with Crippen LogP contribution in [-0.4, -0.2) is 40.4 Å². The Morgan fingerprint density at radius 2 is 1.77 bits per heavy atom. The van der Waals surface area contributed by atoms with Crippen LogP contribution in [0.1, 0.15) is 63.5 Å². The molecule has 1 unspecified atom stereocenters. The highest BCUT2D eigenvalue weighted by Gasteiger charge is 2.37. The number of aliphatic hydroxyl groups excluding tert-OH is 1. The summed E-state index contributed by atoms with van der Waals surface area (Å²) in [4.78, 5) is 2.17. The van der Waals surface area contributed by atoms with E-state index in [4.69, 9.17) is 9.47 Å². The molecule has 1 N–H and O–H groups in total. The first kappa shape index (κ1) is 25.3. The molecule has 1 atom stereocenters. The number of likely N-dealkylation sites (tertiary alicyclic amines) is 1. The van der Waals surface area contributed by atoms with Crippen LogP contribution >= 0.6 is 0 Å². The van der Waals surface area contributed by atoms with Crippen molar-refractivity contribution in [2.24, 2.45) is 7.05 Å². The van der Waals surface area contributed by atoms with Gasteiger partial charge in [0.05, 0.1) is 18.4 Å². The van der Waals surface area contributed by atoms with Crippen molar-refractivity contribution in [3.05, 3.63) is 71.4 Å². The summed E-state index contributed by atoms with van der Waals surface area (Å²) in [6.07, 6.45) is 3.43. The van der Waals surface area contributed by atoms with Crippen LogP contribution in [0, 0.1) is 6.92 Å². The van der Waals surface area contributed by atoms with Crippen molar-refractivity contribution in [3.63, 3.8) is 0 Å². The maximum atomic E-state index is 11.4. The molecule has 2 aromatic carbocycles. The quantitative estimate of drug-likeness (QED) is 0.419. The summed E-state index contributed by atoms with van der Waals surface area (Å²) in [5.74, 6) is 1.45. The third-order valence-corrected chi connectivity index (χ3v) is 7.31. The van der Waals surface area contributed by atoms with Crippen molar-refractivity contribution < 1.29 is 14.6 Å². The van der Waals surface area contributed by atoms with Crippen LogP contribution in [0.4, 0.5) is 0 Å². The topological polar surface area (TPSA) is 46.9 Å². The van der Waals surface area contributed by atoms with E-state index in [0.29, 0.717) is 12.4 Å². The first-order valence-electron chi connectivity index (χ1n) is 12.8.